The summed E-state index contributed by atoms with van der Waals surface area (Å²) in [7, 11) is 1.33. The van der Waals surface area contributed by atoms with Crippen molar-refractivity contribution in [2.45, 2.75) is 19.6 Å². The Balaban J connectivity index is 1.74. The molecule has 0 saturated heterocycles. The van der Waals surface area contributed by atoms with Crippen LogP contribution in [0, 0.1) is 0 Å². The van der Waals surface area contributed by atoms with Crippen molar-refractivity contribution in [3.8, 4) is 5.75 Å². The number of ether oxygens (including phenoxy) is 2. The van der Waals surface area contributed by atoms with Crippen LogP contribution in [0.4, 0.5) is 0 Å². The first-order valence-corrected chi connectivity index (χ1v) is 10.3. The van der Waals surface area contributed by atoms with Crippen molar-refractivity contribution in [2.24, 2.45) is 0 Å². The smallest absolute Gasteiger partial charge is 0.337 e. The van der Waals surface area contributed by atoms with Gasteiger partial charge in [0.25, 0.3) is 5.91 Å². The lowest BCUT2D eigenvalue weighted by atomic mass is 10.1. The minimum absolute atomic E-state index is 0.214. The van der Waals surface area contributed by atoms with Crippen molar-refractivity contribution < 1.29 is 19.1 Å². The summed E-state index contributed by atoms with van der Waals surface area (Å²) >= 11 is 12.3. The molecule has 0 aliphatic heterocycles. The van der Waals surface area contributed by atoms with Crippen LogP contribution in [-0.2, 0) is 11.3 Å². The summed E-state index contributed by atoms with van der Waals surface area (Å²) in [5, 5.41) is 3.94. The van der Waals surface area contributed by atoms with E-state index in [-0.39, 0.29) is 18.6 Å². The summed E-state index contributed by atoms with van der Waals surface area (Å²) in [5.74, 6) is -0.348. The van der Waals surface area contributed by atoms with Gasteiger partial charge in [0.1, 0.15) is 12.4 Å². The zero-order valence-corrected chi connectivity index (χ0v) is 18.5. The summed E-state index contributed by atoms with van der Waals surface area (Å²) in [6.07, 6.45) is 0. The van der Waals surface area contributed by atoms with Gasteiger partial charge in [-0.05, 0) is 48.9 Å². The summed E-state index contributed by atoms with van der Waals surface area (Å²) in [4.78, 5) is 24.5. The molecule has 160 valence electrons. The van der Waals surface area contributed by atoms with E-state index in [0.29, 0.717) is 26.9 Å². The fourth-order valence-corrected chi connectivity index (χ4v) is 3.32. The second-order valence-corrected chi connectivity index (χ2v) is 7.67. The Hall–Kier alpha value is -3.02. The van der Waals surface area contributed by atoms with Crippen LogP contribution in [0.2, 0.25) is 10.0 Å². The van der Waals surface area contributed by atoms with Gasteiger partial charge in [-0.2, -0.15) is 0 Å². The zero-order valence-electron chi connectivity index (χ0n) is 17.0. The van der Waals surface area contributed by atoms with Crippen molar-refractivity contribution in [1.29, 1.82) is 0 Å². The molecule has 3 rings (SSSR count). The topological polar surface area (TPSA) is 64.6 Å². The number of rotatable bonds is 7. The van der Waals surface area contributed by atoms with Crippen molar-refractivity contribution in [3.05, 3.63) is 99.0 Å². The van der Waals surface area contributed by atoms with E-state index >= 15 is 0 Å². The molecule has 0 fully saturated rings. The van der Waals surface area contributed by atoms with Crippen LogP contribution in [0.5, 0.6) is 5.75 Å². The van der Waals surface area contributed by atoms with Gasteiger partial charge in [0.15, 0.2) is 0 Å². The van der Waals surface area contributed by atoms with Crippen LogP contribution < -0.4 is 10.1 Å². The predicted octanol–water partition coefficient (Wildman–Crippen LogP) is 5.85. The molecule has 0 aromatic heterocycles. The van der Waals surface area contributed by atoms with E-state index in [1.54, 1.807) is 48.5 Å². The van der Waals surface area contributed by atoms with Crippen LogP contribution in [0.3, 0.4) is 0 Å². The molecule has 1 atom stereocenters. The minimum atomic E-state index is -0.414. The molecule has 5 nitrogen and oxygen atoms in total. The molecule has 0 radical (unpaired) electrons. The largest absolute Gasteiger partial charge is 0.488 e. The van der Waals surface area contributed by atoms with Crippen molar-refractivity contribution in [3.63, 3.8) is 0 Å². The van der Waals surface area contributed by atoms with E-state index in [0.717, 1.165) is 11.1 Å². The van der Waals surface area contributed by atoms with E-state index < -0.39 is 5.97 Å². The average Bonchev–Trinajstić information content (AvgIpc) is 2.78. The molecule has 7 heteroatoms. The first kappa shape index (κ1) is 22.7. The van der Waals surface area contributed by atoms with Gasteiger partial charge in [0.05, 0.1) is 24.3 Å². The normalized spacial score (nSPS) is 11.5. The molecule has 3 aromatic carbocycles. The molecule has 0 bridgehead atoms. The zero-order chi connectivity index (χ0) is 22.4. The maximum atomic E-state index is 13.0. The van der Waals surface area contributed by atoms with E-state index in [1.807, 2.05) is 25.1 Å². The molecule has 0 spiro atoms. The summed E-state index contributed by atoms with van der Waals surface area (Å²) < 4.78 is 10.6. The Kier molecular flexibility index (Phi) is 7.55. The number of amides is 1. The fraction of sp³-hybridized carbons (Fsp3) is 0.167. The molecule has 0 heterocycles. The van der Waals surface area contributed by atoms with E-state index in [4.69, 9.17) is 32.7 Å². The SMILES string of the molecule is COC(=O)c1ccc([C@H](C)NC(=O)c2cc(Cl)ccc2OCc2ccccc2Cl)cc1. The Morgan fingerprint density at radius 3 is 2.39 bits per heavy atom. The lowest BCUT2D eigenvalue weighted by molar-refractivity contribution is 0.0600. The lowest BCUT2D eigenvalue weighted by Crippen LogP contribution is -2.27. The highest BCUT2D eigenvalue weighted by Gasteiger charge is 2.17. The second-order valence-electron chi connectivity index (χ2n) is 6.83. The van der Waals surface area contributed by atoms with Gasteiger partial charge >= 0.3 is 5.97 Å². The van der Waals surface area contributed by atoms with Crippen molar-refractivity contribution >= 4 is 35.1 Å². The van der Waals surface area contributed by atoms with Gasteiger partial charge in [-0.3, -0.25) is 4.79 Å². The predicted molar refractivity (Wildman–Crippen MR) is 121 cm³/mol. The fourth-order valence-electron chi connectivity index (χ4n) is 2.96. The van der Waals surface area contributed by atoms with Gasteiger partial charge < -0.3 is 14.8 Å². The number of benzene rings is 3. The molecule has 0 aliphatic rings. The molecule has 1 amide bonds. The monoisotopic (exact) mass is 457 g/mol. The summed E-state index contributed by atoms with van der Waals surface area (Å²) in [5.41, 5.74) is 2.40. The van der Waals surface area contributed by atoms with Gasteiger partial charge in [-0.1, -0.05) is 53.5 Å². The minimum Gasteiger partial charge on any atom is -0.488 e. The molecule has 1 N–H and O–H groups in total. The number of carbonyl (C=O) groups excluding carboxylic acids is 2. The second kappa shape index (κ2) is 10.3. The molecule has 0 aliphatic carbocycles. The van der Waals surface area contributed by atoms with Gasteiger partial charge in [-0.15, -0.1) is 0 Å². The first-order valence-electron chi connectivity index (χ1n) is 9.54. The molecule has 3 aromatic rings. The van der Waals surface area contributed by atoms with Crippen LogP contribution in [-0.4, -0.2) is 19.0 Å². The lowest BCUT2D eigenvalue weighted by Gasteiger charge is -2.17. The Bertz CT molecular complexity index is 1080. The van der Waals surface area contributed by atoms with Gasteiger partial charge in [0.2, 0.25) is 0 Å². The Morgan fingerprint density at radius 1 is 1.00 bits per heavy atom. The number of hydrogen-bond donors (Lipinski definition) is 1. The number of hydrogen-bond acceptors (Lipinski definition) is 4. The molecular weight excluding hydrogens is 437 g/mol. The Morgan fingerprint density at radius 2 is 1.71 bits per heavy atom. The number of methoxy groups -OCH3 is 1. The molecule has 0 unspecified atom stereocenters. The van der Waals surface area contributed by atoms with Gasteiger partial charge in [-0.25, -0.2) is 4.79 Å². The van der Waals surface area contributed by atoms with Crippen molar-refractivity contribution in [2.75, 3.05) is 7.11 Å². The van der Waals surface area contributed by atoms with Crippen LogP contribution in [0.1, 0.15) is 44.8 Å². The summed E-state index contributed by atoms with van der Waals surface area (Å²) in [6, 6.07) is 18.8. The number of nitrogens with one attached hydrogen (secondary N) is 1. The highest BCUT2D eigenvalue weighted by Crippen LogP contribution is 2.26. The maximum absolute atomic E-state index is 13.0. The van der Waals surface area contributed by atoms with Crippen molar-refractivity contribution in [1.82, 2.24) is 5.32 Å². The standard InChI is InChI=1S/C24H21Cl2NO4/c1-15(16-7-9-17(10-8-16)24(29)30-2)27-23(28)20-13-19(25)11-12-22(20)31-14-18-5-3-4-6-21(18)26/h3-13,15H,14H2,1-2H3,(H,27,28)/t15-/m0/s1. The Labute approximate surface area is 190 Å². The third-order valence-electron chi connectivity index (χ3n) is 4.71. The highest BCUT2D eigenvalue weighted by atomic mass is 35.5. The van der Waals surface area contributed by atoms with Gasteiger partial charge in [0, 0.05) is 15.6 Å². The molecule has 31 heavy (non-hydrogen) atoms. The van der Waals surface area contributed by atoms with E-state index in [2.05, 4.69) is 5.32 Å². The number of carbonyl (C=O) groups is 2. The number of esters is 1. The number of halogens is 2. The first-order chi connectivity index (χ1) is 14.9. The van der Waals surface area contributed by atoms with E-state index in [9.17, 15) is 9.59 Å². The highest BCUT2D eigenvalue weighted by molar-refractivity contribution is 6.31. The summed E-state index contributed by atoms with van der Waals surface area (Å²) in [6.45, 7) is 2.06. The third-order valence-corrected chi connectivity index (χ3v) is 5.31. The molecular formula is C24H21Cl2NO4. The van der Waals surface area contributed by atoms with Crippen LogP contribution in [0.25, 0.3) is 0 Å². The molecule has 0 saturated carbocycles. The van der Waals surface area contributed by atoms with E-state index in [1.165, 1.54) is 7.11 Å². The quantitative estimate of drug-likeness (QED) is 0.451. The van der Waals surface area contributed by atoms with Crippen LogP contribution >= 0.6 is 23.2 Å². The third kappa shape index (κ3) is 5.78. The van der Waals surface area contributed by atoms with Crippen LogP contribution in [0.15, 0.2) is 66.7 Å². The average molecular weight is 458 g/mol. The maximum Gasteiger partial charge on any atom is 0.337 e.